The van der Waals surface area contributed by atoms with Gasteiger partial charge in [-0.2, -0.15) is 0 Å². The molecule has 2 heterocycles. The summed E-state index contributed by atoms with van der Waals surface area (Å²) < 4.78 is 9.16. The first kappa shape index (κ1) is 31.0. The Balaban J connectivity index is 1.06. The average Bonchev–Trinajstić information content (AvgIpc) is 3.81. The van der Waals surface area contributed by atoms with Gasteiger partial charge in [-0.15, -0.1) is 11.3 Å². The Kier molecular flexibility index (Phi) is 6.23. The summed E-state index contributed by atoms with van der Waals surface area (Å²) in [6, 6.07) is 64.9. The highest BCUT2D eigenvalue weighted by Crippen LogP contribution is 2.63. The Bertz CT molecular complexity index is 3020. The highest BCUT2D eigenvalue weighted by molar-refractivity contribution is 7.25. The number of nitrogens with zero attached hydrogens (tertiary/aromatic N) is 1. The predicted octanol–water partition coefficient (Wildman–Crippen LogP) is 14.3. The molecular weight excluding hydrogens is 687 g/mol. The van der Waals surface area contributed by atoms with Crippen molar-refractivity contribution in [3.8, 4) is 33.8 Å². The van der Waals surface area contributed by atoms with Gasteiger partial charge in [-0.05, 0) is 105 Å². The molecule has 9 aromatic rings. The molecule has 0 atom stereocenters. The molecule has 0 fully saturated rings. The third-order valence-corrected chi connectivity index (χ3v) is 13.6. The van der Waals surface area contributed by atoms with E-state index in [0.29, 0.717) is 0 Å². The van der Waals surface area contributed by atoms with Crippen LogP contribution in [-0.4, -0.2) is 0 Å². The van der Waals surface area contributed by atoms with Crippen LogP contribution in [-0.2, 0) is 10.8 Å². The molecule has 0 unspecified atom stereocenters. The van der Waals surface area contributed by atoms with Gasteiger partial charge in [0, 0.05) is 53.8 Å². The van der Waals surface area contributed by atoms with Crippen LogP contribution >= 0.6 is 11.3 Å². The second-order valence-electron chi connectivity index (χ2n) is 15.6. The van der Waals surface area contributed by atoms with E-state index in [-0.39, 0.29) is 5.41 Å². The van der Waals surface area contributed by atoms with Gasteiger partial charge in [-0.25, -0.2) is 0 Å². The van der Waals surface area contributed by atoms with E-state index in [2.05, 4.69) is 195 Å². The van der Waals surface area contributed by atoms with Gasteiger partial charge in [0.25, 0.3) is 0 Å². The number of thiophene rings is 1. The Morgan fingerprint density at radius 3 is 1.71 bits per heavy atom. The quantitative estimate of drug-likeness (QED) is 0.180. The van der Waals surface area contributed by atoms with Gasteiger partial charge in [0.05, 0.1) is 5.41 Å². The maximum Gasteiger partial charge on any atom is 0.132 e. The molecule has 3 aliphatic rings. The van der Waals surface area contributed by atoms with Crippen LogP contribution in [0.15, 0.2) is 176 Å². The lowest BCUT2D eigenvalue weighted by Gasteiger charge is -2.39. The third kappa shape index (κ3) is 4.08. The Labute approximate surface area is 324 Å². The van der Waals surface area contributed by atoms with Crippen LogP contribution in [0.3, 0.4) is 0 Å². The summed E-state index contributed by atoms with van der Waals surface area (Å²) in [6.07, 6.45) is 0. The molecule has 1 aliphatic heterocycles. The molecule has 55 heavy (non-hydrogen) atoms. The predicted molar refractivity (Wildman–Crippen MR) is 229 cm³/mol. The Morgan fingerprint density at radius 1 is 0.400 bits per heavy atom. The summed E-state index contributed by atoms with van der Waals surface area (Å²) in [5, 5.41) is 2.59. The fourth-order valence-electron chi connectivity index (χ4n) is 10.1. The molecule has 260 valence electrons. The lowest BCUT2D eigenvalue weighted by Crippen LogP contribution is -2.32. The SMILES string of the molecule is CC1(C)c2ccccc2-c2ccc(N(c3ccccc3)c3ccc4c(c3)sc3cc5c(cc34)-c3ccccc3C53c4ccccc4Oc4ccccc43)cc21. The van der Waals surface area contributed by atoms with Gasteiger partial charge in [-0.3, -0.25) is 0 Å². The zero-order valence-electron chi connectivity index (χ0n) is 30.5. The second kappa shape index (κ2) is 11.1. The molecule has 0 bridgehead atoms. The first-order valence-electron chi connectivity index (χ1n) is 19.1. The molecule has 0 saturated carbocycles. The van der Waals surface area contributed by atoms with E-state index in [1.807, 2.05) is 11.3 Å². The summed E-state index contributed by atoms with van der Waals surface area (Å²) in [5.74, 6) is 1.84. The maximum absolute atomic E-state index is 6.59. The smallest absolute Gasteiger partial charge is 0.132 e. The molecule has 12 rings (SSSR count). The van der Waals surface area contributed by atoms with Crippen molar-refractivity contribution in [3.05, 3.63) is 209 Å². The van der Waals surface area contributed by atoms with Crippen LogP contribution in [0.25, 0.3) is 42.4 Å². The molecule has 0 saturated heterocycles. The topological polar surface area (TPSA) is 12.5 Å². The Hall–Kier alpha value is -6.42. The average molecular weight is 722 g/mol. The molecule has 1 aromatic heterocycles. The van der Waals surface area contributed by atoms with Crippen LogP contribution in [0.1, 0.15) is 47.2 Å². The van der Waals surface area contributed by atoms with Crippen molar-refractivity contribution in [2.75, 3.05) is 4.90 Å². The van der Waals surface area contributed by atoms with Crippen LogP contribution in [0.2, 0.25) is 0 Å². The zero-order valence-corrected chi connectivity index (χ0v) is 31.3. The van der Waals surface area contributed by atoms with Crippen molar-refractivity contribution in [1.82, 2.24) is 0 Å². The monoisotopic (exact) mass is 721 g/mol. The summed E-state index contributed by atoms with van der Waals surface area (Å²) >= 11 is 1.89. The minimum absolute atomic E-state index is 0.0818. The van der Waals surface area contributed by atoms with Crippen molar-refractivity contribution in [2.24, 2.45) is 0 Å². The fourth-order valence-corrected chi connectivity index (χ4v) is 11.3. The van der Waals surface area contributed by atoms with Crippen LogP contribution < -0.4 is 9.64 Å². The van der Waals surface area contributed by atoms with Crippen molar-refractivity contribution in [3.63, 3.8) is 0 Å². The molecule has 0 amide bonds. The molecule has 0 N–H and O–H groups in total. The molecule has 8 aromatic carbocycles. The van der Waals surface area contributed by atoms with Crippen molar-refractivity contribution in [1.29, 1.82) is 0 Å². The molecule has 0 radical (unpaired) electrons. The molecule has 1 spiro atoms. The normalized spacial score (nSPS) is 14.8. The fraction of sp³-hybridized carbons (Fsp3) is 0.0769. The van der Waals surface area contributed by atoms with Crippen LogP contribution in [0, 0.1) is 0 Å². The number of hydrogen-bond donors (Lipinski definition) is 0. The van der Waals surface area contributed by atoms with Crippen molar-refractivity contribution < 1.29 is 4.74 Å². The number of rotatable bonds is 3. The number of anilines is 3. The van der Waals surface area contributed by atoms with Gasteiger partial charge in [-0.1, -0.05) is 129 Å². The highest BCUT2D eigenvalue weighted by atomic mass is 32.1. The van der Waals surface area contributed by atoms with Crippen LogP contribution in [0.5, 0.6) is 11.5 Å². The van der Waals surface area contributed by atoms with Gasteiger partial charge < -0.3 is 9.64 Å². The number of fused-ring (bicyclic) bond motifs is 15. The van der Waals surface area contributed by atoms with E-state index in [1.54, 1.807) is 0 Å². The summed E-state index contributed by atoms with van der Waals surface area (Å²) in [5.41, 5.74) is 16.0. The minimum atomic E-state index is -0.474. The molecule has 2 aliphatic carbocycles. The van der Waals surface area contributed by atoms with Gasteiger partial charge >= 0.3 is 0 Å². The number of hydrogen-bond acceptors (Lipinski definition) is 3. The van der Waals surface area contributed by atoms with Crippen molar-refractivity contribution >= 4 is 48.6 Å². The number of benzene rings is 8. The van der Waals surface area contributed by atoms with Crippen LogP contribution in [0.4, 0.5) is 17.1 Å². The van der Waals surface area contributed by atoms with E-state index >= 15 is 0 Å². The maximum atomic E-state index is 6.59. The minimum Gasteiger partial charge on any atom is -0.457 e. The van der Waals surface area contributed by atoms with E-state index in [9.17, 15) is 0 Å². The van der Waals surface area contributed by atoms with E-state index < -0.39 is 5.41 Å². The number of ether oxygens (including phenoxy) is 1. The highest BCUT2D eigenvalue weighted by Gasteiger charge is 2.51. The molecule has 2 nitrogen and oxygen atoms in total. The first-order valence-corrected chi connectivity index (χ1v) is 19.9. The second-order valence-corrected chi connectivity index (χ2v) is 16.7. The van der Waals surface area contributed by atoms with E-state index in [0.717, 1.165) is 22.9 Å². The summed E-state index contributed by atoms with van der Waals surface area (Å²) in [7, 11) is 0. The molecule has 3 heteroatoms. The lowest BCUT2D eigenvalue weighted by molar-refractivity contribution is 0.436. The van der Waals surface area contributed by atoms with E-state index in [1.165, 1.54) is 81.5 Å². The number of para-hydroxylation sites is 3. The van der Waals surface area contributed by atoms with Gasteiger partial charge in [0.1, 0.15) is 11.5 Å². The standard InChI is InChI=1S/C52H35NOS/c1-51(2)41-18-8-6-16-35(41)37-26-24-33(28-45(37)51)53(32-14-4-3-5-15-32)34-25-27-38-40-30-39-36-17-7-9-19-42(36)52(46(39)31-50(40)55-49(38)29-34)43-20-10-12-22-47(43)54-48-23-13-11-21-44(48)52/h3-31H,1-2H3. The molecular formula is C52H35NOS. The third-order valence-electron chi connectivity index (χ3n) is 12.5. The van der Waals surface area contributed by atoms with E-state index in [4.69, 9.17) is 4.74 Å². The summed E-state index contributed by atoms with van der Waals surface area (Å²) in [4.78, 5) is 2.42. The van der Waals surface area contributed by atoms with Crippen molar-refractivity contribution in [2.45, 2.75) is 24.7 Å². The largest absolute Gasteiger partial charge is 0.457 e. The zero-order chi connectivity index (χ0) is 36.5. The van der Waals surface area contributed by atoms with Gasteiger partial charge in [0.2, 0.25) is 0 Å². The lowest BCUT2D eigenvalue weighted by atomic mass is 9.66. The summed E-state index contributed by atoms with van der Waals surface area (Å²) in [6.45, 7) is 4.71. The first-order chi connectivity index (χ1) is 27.0. The Morgan fingerprint density at radius 2 is 0.964 bits per heavy atom. The van der Waals surface area contributed by atoms with Gasteiger partial charge in [0.15, 0.2) is 0 Å².